The Morgan fingerprint density at radius 2 is 2.19 bits per heavy atom. The second-order valence-electron chi connectivity index (χ2n) is 4.82. The van der Waals surface area contributed by atoms with Crippen LogP contribution in [0, 0.1) is 0 Å². The summed E-state index contributed by atoms with van der Waals surface area (Å²) in [6.07, 6.45) is 3.66. The summed E-state index contributed by atoms with van der Waals surface area (Å²) in [5, 5.41) is 11.1. The van der Waals surface area contributed by atoms with E-state index in [1.807, 2.05) is 12.1 Å². The van der Waals surface area contributed by atoms with Crippen LogP contribution in [0.4, 0.5) is 5.82 Å². The minimum atomic E-state index is -0.103. The minimum Gasteiger partial charge on any atom is -0.467 e. The number of amides is 1. The van der Waals surface area contributed by atoms with Gasteiger partial charge in [-0.1, -0.05) is 13.3 Å². The third kappa shape index (κ3) is 4.30. The number of carbonyl (C=O) groups excluding carboxylic acids is 1. The Bertz CT molecular complexity index is 552. The van der Waals surface area contributed by atoms with Crippen molar-refractivity contribution in [2.24, 2.45) is 0 Å². The molecule has 2 heterocycles. The highest BCUT2D eigenvalue weighted by atomic mass is 16.3. The summed E-state index contributed by atoms with van der Waals surface area (Å²) in [5.41, 5.74) is 0.358. The van der Waals surface area contributed by atoms with Crippen molar-refractivity contribution in [2.75, 3.05) is 18.9 Å². The van der Waals surface area contributed by atoms with Crippen LogP contribution in [0.5, 0.6) is 0 Å². The zero-order valence-electron chi connectivity index (χ0n) is 12.4. The van der Waals surface area contributed by atoms with E-state index in [9.17, 15) is 4.79 Å². The van der Waals surface area contributed by atoms with Crippen molar-refractivity contribution in [3.05, 3.63) is 42.0 Å². The maximum Gasteiger partial charge on any atom is 0.274 e. The molecule has 0 radical (unpaired) electrons. The first kappa shape index (κ1) is 15.0. The van der Waals surface area contributed by atoms with E-state index < -0.39 is 0 Å². The van der Waals surface area contributed by atoms with E-state index in [1.54, 1.807) is 30.3 Å². The Morgan fingerprint density at radius 3 is 2.81 bits per heavy atom. The van der Waals surface area contributed by atoms with Crippen molar-refractivity contribution >= 4 is 11.7 Å². The molecule has 0 saturated heterocycles. The summed E-state index contributed by atoms with van der Waals surface area (Å²) in [5.74, 6) is 1.32. The number of hydrogen-bond donors (Lipinski definition) is 1. The zero-order chi connectivity index (χ0) is 15.1. The Balaban J connectivity index is 1.90. The van der Waals surface area contributed by atoms with Crippen LogP contribution in [-0.4, -0.2) is 34.6 Å². The van der Waals surface area contributed by atoms with E-state index in [-0.39, 0.29) is 5.91 Å². The molecule has 2 aromatic rings. The molecule has 6 heteroatoms. The predicted octanol–water partition coefficient (Wildman–Crippen LogP) is 2.55. The standard InChI is InChI=1S/C15H20N4O2/c1-3-4-9-19(2)15(20)13-7-8-14(18-17-13)16-11-12-6-5-10-21-12/h5-8,10H,3-4,9,11H2,1-2H3,(H,16,18). The van der Waals surface area contributed by atoms with E-state index >= 15 is 0 Å². The van der Waals surface area contributed by atoms with Gasteiger partial charge in [0.1, 0.15) is 11.6 Å². The van der Waals surface area contributed by atoms with Crippen molar-refractivity contribution in [1.29, 1.82) is 0 Å². The maximum absolute atomic E-state index is 12.1. The van der Waals surface area contributed by atoms with Crippen molar-refractivity contribution < 1.29 is 9.21 Å². The fourth-order valence-corrected chi connectivity index (χ4v) is 1.82. The molecule has 0 atom stereocenters. The van der Waals surface area contributed by atoms with Gasteiger partial charge in [-0.25, -0.2) is 0 Å². The fraction of sp³-hybridized carbons (Fsp3) is 0.400. The minimum absolute atomic E-state index is 0.103. The number of hydrogen-bond acceptors (Lipinski definition) is 5. The normalized spacial score (nSPS) is 10.4. The quantitative estimate of drug-likeness (QED) is 0.847. The van der Waals surface area contributed by atoms with E-state index in [0.29, 0.717) is 18.1 Å². The monoisotopic (exact) mass is 288 g/mol. The molecule has 1 amide bonds. The SMILES string of the molecule is CCCCN(C)C(=O)c1ccc(NCc2ccco2)nn1. The van der Waals surface area contributed by atoms with E-state index in [1.165, 1.54) is 0 Å². The Kier molecular flexibility index (Phi) is 5.31. The second-order valence-corrected chi connectivity index (χ2v) is 4.82. The van der Waals surface area contributed by atoms with Gasteiger partial charge in [0.15, 0.2) is 5.69 Å². The van der Waals surface area contributed by atoms with Gasteiger partial charge in [-0.2, -0.15) is 0 Å². The number of nitrogens with one attached hydrogen (secondary N) is 1. The van der Waals surface area contributed by atoms with Crippen LogP contribution in [0.15, 0.2) is 34.9 Å². The third-order valence-corrected chi connectivity index (χ3v) is 3.10. The number of carbonyl (C=O) groups is 1. The van der Waals surface area contributed by atoms with Crippen LogP contribution in [0.2, 0.25) is 0 Å². The van der Waals surface area contributed by atoms with Crippen LogP contribution in [0.1, 0.15) is 36.0 Å². The molecule has 0 aliphatic carbocycles. The number of furan rings is 1. The third-order valence-electron chi connectivity index (χ3n) is 3.10. The summed E-state index contributed by atoms with van der Waals surface area (Å²) < 4.78 is 5.21. The van der Waals surface area contributed by atoms with Crippen LogP contribution >= 0.6 is 0 Å². The van der Waals surface area contributed by atoms with E-state index in [0.717, 1.165) is 25.1 Å². The second kappa shape index (κ2) is 7.42. The molecule has 0 aliphatic rings. The lowest BCUT2D eigenvalue weighted by Gasteiger charge is -2.15. The summed E-state index contributed by atoms with van der Waals surface area (Å²) in [7, 11) is 1.78. The summed E-state index contributed by atoms with van der Waals surface area (Å²) >= 11 is 0. The summed E-state index contributed by atoms with van der Waals surface area (Å²) in [4.78, 5) is 13.8. The smallest absolute Gasteiger partial charge is 0.274 e. The number of rotatable bonds is 7. The van der Waals surface area contributed by atoms with Gasteiger partial charge in [-0.3, -0.25) is 4.79 Å². The van der Waals surface area contributed by atoms with Crippen LogP contribution in [0.3, 0.4) is 0 Å². The number of aromatic nitrogens is 2. The lowest BCUT2D eigenvalue weighted by atomic mass is 10.3. The van der Waals surface area contributed by atoms with E-state index in [4.69, 9.17) is 4.42 Å². The average molecular weight is 288 g/mol. The molecule has 0 spiro atoms. The van der Waals surface area contributed by atoms with Crippen LogP contribution in [-0.2, 0) is 6.54 Å². The zero-order valence-corrected chi connectivity index (χ0v) is 12.4. The molecule has 0 saturated carbocycles. The topological polar surface area (TPSA) is 71.3 Å². The van der Waals surface area contributed by atoms with Gasteiger partial charge >= 0.3 is 0 Å². The Morgan fingerprint density at radius 1 is 1.33 bits per heavy atom. The van der Waals surface area contributed by atoms with Crippen LogP contribution in [0.25, 0.3) is 0 Å². The van der Waals surface area contributed by atoms with Crippen molar-refractivity contribution in [2.45, 2.75) is 26.3 Å². The molecule has 1 N–H and O–H groups in total. The molecule has 112 valence electrons. The van der Waals surface area contributed by atoms with Gasteiger partial charge in [-0.15, -0.1) is 10.2 Å². The average Bonchev–Trinajstić information content (AvgIpc) is 3.04. The van der Waals surface area contributed by atoms with Gasteiger partial charge < -0.3 is 14.6 Å². The number of unbranched alkanes of at least 4 members (excludes halogenated alkanes) is 1. The predicted molar refractivity (Wildman–Crippen MR) is 79.9 cm³/mol. The molecule has 0 aromatic carbocycles. The molecule has 2 aromatic heterocycles. The van der Waals surface area contributed by atoms with Crippen molar-refractivity contribution in [3.63, 3.8) is 0 Å². The van der Waals surface area contributed by atoms with Gasteiger partial charge in [0.2, 0.25) is 0 Å². The first-order chi connectivity index (χ1) is 10.2. The highest BCUT2D eigenvalue weighted by Gasteiger charge is 2.13. The molecule has 0 aliphatic heterocycles. The summed E-state index contributed by atoms with van der Waals surface area (Å²) in [6, 6.07) is 7.14. The van der Waals surface area contributed by atoms with Crippen molar-refractivity contribution in [3.8, 4) is 0 Å². The lowest BCUT2D eigenvalue weighted by Crippen LogP contribution is -2.28. The number of anilines is 1. The molecular formula is C15H20N4O2. The lowest BCUT2D eigenvalue weighted by molar-refractivity contribution is 0.0786. The molecule has 0 bridgehead atoms. The molecule has 2 rings (SSSR count). The Labute approximate surface area is 124 Å². The highest BCUT2D eigenvalue weighted by Crippen LogP contribution is 2.08. The van der Waals surface area contributed by atoms with Crippen molar-refractivity contribution in [1.82, 2.24) is 15.1 Å². The number of nitrogens with zero attached hydrogens (tertiary/aromatic N) is 3. The fourth-order valence-electron chi connectivity index (χ4n) is 1.82. The van der Waals surface area contributed by atoms with Crippen LogP contribution < -0.4 is 5.32 Å². The molecule has 0 unspecified atom stereocenters. The van der Waals surface area contributed by atoms with Gasteiger partial charge in [0.05, 0.1) is 12.8 Å². The maximum atomic E-state index is 12.1. The van der Waals surface area contributed by atoms with Gasteiger partial charge in [0, 0.05) is 13.6 Å². The Hall–Kier alpha value is -2.37. The first-order valence-corrected chi connectivity index (χ1v) is 7.06. The highest BCUT2D eigenvalue weighted by molar-refractivity contribution is 5.92. The first-order valence-electron chi connectivity index (χ1n) is 7.06. The van der Waals surface area contributed by atoms with Gasteiger partial charge in [-0.05, 0) is 30.7 Å². The van der Waals surface area contributed by atoms with Gasteiger partial charge in [0.25, 0.3) is 5.91 Å². The summed E-state index contributed by atoms with van der Waals surface area (Å²) in [6.45, 7) is 3.36. The largest absolute Gasteiger partial charge is 0.467 e. The molecule has 0 fully saturated rings. The van der Waals surface area contributed by atoms with E-state index in [2.05, 4.69) is 22.4 Å². The molecule has 6 nitrogen and oxygen atoms in total. The molecule has 21 heavy (non-hydrogen) atoms. The molecular weight excluding hydrogens is 268 g/mol.